The highest BCUT2D eigenvalue weighted by Crippen LogP contribution is 2.12. The van der Waals surface area contributed by atoms with Gasteiger partial charge >= 0.3 is 0 Å². The molecule has 0 aromatic heterocycles. The van der Waals surface area contributed by atoms with Gasteiger partial charge < -0.3 is 9.47 Å². The average molecular weight is 328 g/mol. The SMILES string of the molecule is CC(C)=CCCC(C)C/C=C/OC/C=C/COCc1ccccc1. The van der Waals surface area contributed by atoms with Crippen molar-refractivity contribution in [2.75, 3.05) is 13.2 Å². The molecule has 0 aliphatic rings. The van der Waals surface area contributed by atoms with Crippen LogP contribution in [0, 0.1) is 5.92 Å². The van der Waals surface area contributed by atoms with Gasteiger partial charge in [-0.05, 0) is 56.7 Å². The number of benzene rings is 1. The van der Waals surface area contributed by atoms with E-state index in [1.54, 1.807) is 0 Å². The van der Waals surface area contributed by atoms with E-state index in [2.05, 4.69) is 45.1 Å². The van der Waals surface area contributed by atoms with Crippen LogP contribution in [0.1, 0.15) is 45.6 Å². The number of allylic oxidation sites excluding steroid dienone is 3. The lowest BCUT2D eigenvalue weighted by molar-refractivity contribution is 0.148. The third-order valence-electron chi connectivity index (χ3n) is 3.63. The fourth-order valence-corrected chi connectivity index (χ4v) is 2.20. The van der Waals surface area contributed by atoms with Gasteiger partial charge in [0.25, 0.3) is 0 Å². The molecule has 2 nitrogen and oxygen atoms in total. The normalized spacial score (nSPS) is 12.6. The average Bonchev–Trinajstić information content (AvgIpc) is 2.57. The quantitative estimate of drug-likeness (QED) is 0.264. The second kappa shape index (κ2) is 13.6. The molecule has 0 spiro atoms. The Morgan fingerprint density at radius 1 is 1.04 bits per heavy atom. The lowest BCUT2D eigenvalue weighted by atomic mass is 10.0. The molecule has 0 aliphatic heterocycles. The number of hydrogen-bond donors (Lipinski definition) is 0. The first-order chi connectivity index (χ1) is 11.7. The summed E-state index contributed by atoms with van der Waals surface area (Å²) in [4.78, 5) is 0. The summed E-state index contributed by atoms with van der Waals surface area (Å²) in [5.74, 6) is 0.697. The predicted octanol–water partition coefficient (Wildman–Crippen LogP) is 6.06. The van der Waals surface area contributed by atoms with Gasteiger partial charge in [-0.15, -0.1) is 0 Å². The van der Waals surface area contributed by atoms with Crippen LogP contribution in [0.2, 0.25) is 0 Å². The van der Waals surface area contributed by atoms with Crippen LogP contribution in [-0.2, 0) is 16.1 Å². The van der Waals surface area contributed by atoms with Gasteiger partial charge in [-0.25, -0.2) is 0 Å². The number of ether oxygens (including phenoxy) is 2. The van der Waals surface area contributed by atoms with Crippen molar-refractivity contribution in [1.29, 1.82) is 0 Å². The molecule has 2 heteroatoms. The molecule has 0 fully saturated rings. The van der Waals surface area contributed by atoms with Gasteiger partial charge in [-0.3, -0.25) is 0 Å². The molecule has 1 unspecified atom stereocenters. The van der Waals surface area contributed by atoms with E-state index in [9.17, 15) is 0 Å². The second-order valence-corrected chi connectivity index (χ2v) is 6.38. The molecule has 1 rings (SSSR count). The zero-order valence-corrected chi connectivity index (χ0v) is 15.4. The van der Waals surface area contributed by atoms with Crippen LogP contribution in [0.4, 0.5) is 0 Å². The molecule has 0 radical (unpaired) electrons. The highest BCUT2D eigenvalue weighted by atomic mass is 16.5. The van der Waals surface area contributed by atoms with Crippen LogP contribution in [0.3, 0.4) is 0 Å². The Bertz CT molecular complexity index is 496. The first-order valence-corrected chi connectivity index (χ1v) is 8.85. The van der Waals surface area contributed by atoms with Gasteiger partial charge in [0.1, 0.15) is 6.61 Å². The largest absolute Gasteiger partial charge is 0.497 e. The van der Waals surface area contributed by atoms with E-state index in [0.717, 1.165) is 6.42 Å². The number of rotatable bonds is 12. The van der Waals surface area contributed by atoms with Crippen LogP contribution in [0.25, 0.3) is 0 Å². The fraction of sp³-hybridized carbons (Fsp3) is 0.455. The van der Waals surface area contributed by atoms with Crippen molar-refractivity contribution < 1.29 is 9.47 Å². The van der Waals surface area contributed by atoms with Crippen LogP contribution in [-0.4, -0.2) is 13.2 Å². The summed E-state index contributed by atoms with van der Waals surface area (Å²) in [6, 6.07) is 10.2. The Kier molecular flexibility index (Phi) is 11.5. The highest BCUT2D eigenvalue weighted by molar-refractivity contribution is 5.13. The van der Waals surface area contributed by atoms with Gasteiger partial charge in [0, 0.05) is 0 Å². The summed E-state index contributed by atoms with van der Waals surface area (Å²) in [6.07, 6.45) is 13.7. The summed E-state index contributed by atoms with van der Waals surface area (Å²) < 4.78 is 11.0. The maximum Gasteiger partial charge on any atom is 0.106 e. The molecule has 0 N–H and O–H groups in total. The zero-order chi connectivity index (χ0) is 17.5. The van der Waals surface area contributed by atoms with Gasteiger partial charge in [0.05, 0.1) is 19.5 Å². The molecule has 0 heterocycles. The van der Waals surface area contributed by atoms with Gasteiger partial charge in [0.2, 0.25) is 0 Å². The Morgan fingerprint density at radius 2 is 1.79 bits per heavy atom. The van der Waals surface area contributed by atoms with Gasteiger partial charge in [0.15, 0.2) is 0 Å². The Balaban J connectivity index is 1.97. The lowest BCUT2D eigenvalue weighted by Gasteiger charge is -2.06. The number of hydrogen-bond acceptors (Lipinski definition) is 2. The molecular weight excluding hydrogens is 296 g/mol. The Labute approximate surface area is 147 Å². The van der Waals surface area contributed by atoms with E-state index in [-0.39, 0.29) is 0 Å². The summed E-state index contributed by atoms with van der Waals surface area (Å²) >= 11 is 0. The van der Waals surface area contributed by atoms with Gasteiger partial charge in [-0.2, -0.15) is 0 Å². The highest BCUT2D eigenvalue weighted by Gasteiger charge is 1.97. The summed E-state index contributed by atoms with van der Waals surface area (Å²) in [5.41, 5.74) is 2.60. The summed E-state index contributed by atoms with van der Waals surface area (Å²) in [6.45, 7) is 8.45. The molecule has 0 amide bonds. The van der Waals surface area contributed by atoms with Crippen molar-refractivity contribution in [3.63, 3.8) is 0 Å². The Morgan fingerprint density at radius 3 is 2.54 bits per heavy atom. The first kappa shape index (κ1) is 20.2. The molecule has 1 aromatic carbocycles. The van der Waals surface area contributed by atoms with Crippen LogP contribution < -0.4 is 0 Å². The third-order valence-corrected chi connectivity index (χ3v) is 3.63. The Hall–Kier alpha value is -1.80. The zero-order valence-electron chi connectivity index (χ0n) is 15.4. The van der Waals surface area contributed by atoms with Crippen LogP contribution in [0.15, 0.2) is 66.5 Å². The first-order valence-electron chi connectivity index (χ1n) is 8.85. The summed E-state index contributed by atoms with van der Waals surface area (Å²) in [5, 5.41) is 0. The maximum absolute atomic E-state index is 5.57. The molecule has 1 aromatic rings. The molecule has 132 valence electrons. The minimum atomic E-state index is 0.595. The topological polar surface area (TPSA) is 18.5 Å². The van der Waals surface area contributed by atoms with Crippen molar-refractivity contribution >= 4 is 0 Å². The van der Waals surface area contributed by atoms with Crippen LogP contribution >= 0.6 is 0 Å². The maximum atomic E-state index is 5.57. The van der Waals surface area contributed by atoms with Crippen molar-refractivity contribution in [3.8, 4) is 0 Å². The van der Waals surface area contributed by atoms with E-state index in [0.29, 0.717) is 25.7 Å². The minimum absolute atomic E-state index is 0.595. The molecule has 24 heavy (non-hydrogen) atoms. The molecule has 0 aliphatic carbocycles. The minimum Gasteiger partial charge on any atom is -0.497 e. The molecule has 0 bridgehead atoms. The molecule has 0 saturated heterocycles. The van der Waals surface area contributed by atoms with Crippen molar-refractivity contribution in [3.05, 3.63) is 72.0 Å². The van der Waals surface area contributed by atoms with Gasteiger partial charge in [-0.1, -0.05) is 55.0 Å². The standard InChI is InChI=1S/C22H32O2/c1-20(2)11-9-12-21(3)13-10-18-23-16-7-8-17-24-19-22-14-5-4-6-15-22/h4-8,10-11,14-15,18,21H,9,12-13,16-17,19H2,1-3H3/b8-7+,18-10+. The van der Waals surface area contributed by atoms with Crippen LogP contribution in [0.5, 0.6) is 0 Å². The predicted molar refractivity (Wildman–Crippen MR) is 103 cm³/mol. The smallest absolute Gasteiger partial charge is 0.106 e. The van der Waals surface area contributed by atoms with E-state index >= 15 is 0 Å². The van der Waals surface area contributed by atoms with E-state index in [1.807, 2.05) is 36.6 Å². The summed E-state index contributed by atoms with van der Waals surface area (Å²) in [7, 11) is 0. The monoisotopic (exact) mass is 328 g/mol. The van der Waals surface area contributed by atoms with E-state index in [1.165, 1.54) is 24.0 Å². The van der Waals surface area contributed by atoms with Crippen molar-refractivity contribution in [2.24, 2.45) is 5.92 Å². The molecular formula is C22H32O2. The molecule has 0 saturated carbocycles. The van der Waals surface area contributed by atoms with E-state index in [4.69, 9.17) is 9.47 Å². The van der Waals surface area contributed by atoms with E-state index < -0.39 is 0 Å². The van der Waals surface area contributed by atoms with Crippen molar-refractivity contribution in [1.82, 2.24) is 0 Å². The fourth-order valence-electron chi connectivity index (χ4n) is 2.20. The third kappa shape index (κ3) is 11.7. The lowest BCUT2D eigenvalue weighted by Crippen LogP contribution is -1.93. The second-order valence-electron chi connectivity index (χ2n) is 6.38. The van der Waals surface area contributed by atoms with Crippen molar-refractivity contribution in [2.45, 2.75) is 46.6 Å². The molecule has 1 atom stereocenters.